The van der Waals surface area contributed by atoms with Crippen molar-refractivity contribution in [3.8, 4) is 0 Å². The van der Waals surface area contributed by atoms with E-state index in [9.17, 15) is 22.8 Å². The summed E-state index contributed by atoms with van der Waals surface area (Å²) in [6.45, 7) is 0.187. The SMILES string of the molecule is O=C1CCN(c2cccc(C(=O)NS(=O)(=O)C3CCCc4ccccc43)c2)C(=O)N1. The summed E-state index contributed by atoms with van der Waals surface area (Å²) in [5, 5.41) is 1.43. The molecule has 156 valence electrons. The number of fused-ring (bicyclic) bond motifs is 1. The average molecular weight is 427 g/mol. The molecular weight excluding hydrogens is 406 g/mol. The number of carbonyl (C=O) groups is 3. The van der Waals surface area contributed by atoms with Gasteiger partial charge in [-0.3, -0.25) is 19.8 Å². The summed E-state index contributed by atoms with van der Waals surface area (Å²) in [6.07, 6.45) is 2.15. The van der Waals surface area contributed by atoms with E-state index in [-0.39, 0.29) is 24.4 Å². The van der Waals surface area contributed by atoms with Crippen LogP contribution in [0.5, 0.6) is 0 Å². The molecule has 9 heteroatoms. The van der Waals surface area contributed by atoms with Crippen molar-refractivity contribution in [2.45, 2.75) is 30.9 Å². The highest BCUT2D eigenvalue weighted by atomic mass is 32.2. The zero-order valence-electron chi connectivity index (χ0n) is 16.1. The number of carbonyl (C=O) groups excluding carboxylic acids is 3. The molecule has 8 nitrogen and oxygen atoms in total. The molecule has 1 heterocycles. The van der Waals surface area contributed by atoms with E-state index in [2.05, 4.69) is 10.0 Å². The summed E-state index contributed by atoms with van der Waals surface area (Å²) in [5.41, 5.74) is 2.24. The Bertz CT molecular complexity index is 1130. The fraction of sp³-hybridized carbons (Fsp3) is 0.286. The van der Waals surface area contributed by atoms with Gasteiger partial charge in [0, 0.05) is 24.2 Å². The zero-order valence-corrected chi connectivity index (χ0v) is 16.9. The number of nitrogens with zero attached hydrogens (tertiary/aromatic N) is 1. The number of sulfonamides is 1. The standard InChI is InChI=1S/C21H21N3O5S/c25-19-11-12-24(21(27)22-19)16-8-3-7-15(13-16)20(26)23-30(28,29)18-10-4-6-14-5-1-2-9-17(14)18/h1-3,5,7-9,13,18H,4,6,10-12H2,(H,23,26)(H,22,25,27). The van der Waals surface area contributed by atoms with Crippen molar-refractivity contribution < 1.29 is 22.8 Å². The molecule has 4 amide bonds. The van der Waals surface area contributed by atoms with Crippen LogP contribution in [0, 0.1) is 0 Å². The third kappa shape index (κ3) is 3.93. The number of rotatable bonds is 4. The third-order valence-electron chi connectivity index (χ3n) is 5.40. The lowest BCUT2D eigenvalue weighted by molar-refractivity contribution is -0.120. The molecule has 0 radical (unpaired) electrons. The molecule has 1 unspecified atom stereocenters. The van der Waals surface area contributed by atoms with Gasteiger partial charge in [-0.05, 0) is 48.6 Å². The van der Waals surface area contributed by atoms with Crippen LogP contribution in [0.3, 0.4) is 0 Å². The van der Waals surface area contributed by atoms with Crippen LogP contribution in [-0.2, 0) is 21.2 Å². The maximum absolute atomic E-state index is 13.0. The Morgan fingerprint density at radius 1 is 1.07 bits per heavy atom. The van der Waals surface area contributed by atoms with Gasteiger partial charge in [0.05, 0.1) is 0 Å². The second-order valence-corrected chi connectivity index (χ2v) is 9.22. The summed E-state index contributed by atoms with van der Waals surface area (Å²) in [4.78, 5) is 37.4. The van der Waals surface area contributed by atoms with E-state index in [4.69, 9.17) is 0 Å². The van der Waals surface area contributed by atoms with Gasteiger partial charge in [-0.25, -0.2) is 17.9 Å². The summed E-state index contributed by atoms with van der Waals surface area (Å²) < 4.78 is 28.1. The van der Waals surface area contributed by atoms with Gasteiger partial charge in [0.15, 0.2) is 0 Å². The van der Waals surface area contributed by atoms with Crippen molar-refractivity contribution in [1.82, 2.24) is 10.0 Å². The Morgan fingerprint density at radius 3 is 2.67 bits per heavy atom. The Morgan fingerprint density at radius 2 is 1.87 bits per heavy atom. The van der Waals surface area contributed by atoms with Crippen LogP contribution in [0.4, 0.5) is 10.5 Å². The fourth-order valence-electron chi connectivity index (χ4n) is 3.92. The molecule has 1 saturated heterocycles. The van der Waals surface area contributed by atoms with Crippen molar-refractivity contribution in [2.24, 2.45) is 0 Å². The lowest BCUT2D eigenvalue weighted by Crippen LogP contribution is -2.49. The number of benzene rings is 2. The van der Waals surface area contributed by atoms with Gasteiger partial charge < -0.3 is 0 Å². The monoisotopic (exact) mass is 427 g/mol. The molecule has 2 aliphatic rings. The molecule has 2 N–H and O–H groups in total. The van der Waals surface area contributed by atoms with Gasteiger partial charge in [0.1, 0.15) is 5.25 Å². The van der Waals surface area contributed by atoms with E-state index in [1.54, 1.807) is 24.3 Å². The largest absolute Gasteiger partial charge is 0.328 e. The number of hydrogen-bond acceptors (Lipinski definition) is 5. The highest BCUT2D eigenvalue weighted by molar-refractivity contribution is 7.90. The molecule has 1 atom stereocenters. The number of urea groups is 1. The van der Waals surface area contributed by atoms with Crippen LogP contribution < -0.4 is 14.9 Å². The molecule has 0 spiro atoms. The van der Waals surface area contributed by atoms with Crippen molar-refractivity contribution >= 4 is 33.6 Å². The predicted octanol–water partition coefficient (Wildman–Crippen LogP) is 2.27. The van der Waals surface area contributed by atoms with Crippen LogP contribution >= 0.6 is 0 Å². The van der Waals surface area contributed by atoms with Crippen molar-refractivity contribution in [3.63, 3.8) is 0 Å². The first-order chi connectivity index (χ1) is 14.3. The van der Waals surface area contributed by atoms with Gasteiger partial charge in [0.25, 0.3) is 5.91 Å². The van der Waals surface area contributed by atoms with E-state index < -0.39 is 27.2 Å². The van der Waals surface area contributed by atoms with E-state index in [0.29, 0.717) is 12.1 Å². The molecule has 1 fully saturated rings. The third-order valence-corrected chi connectivity index (χ3v) is 7.11. The number of aryl methyl sites for hydroxylation is 1. The minimum atomic E-state index is -3.94. The van der Waals surface area contributed by atoms with Crippen LogP contribution in [0.15, 0.2) is 48.5 Å². The van der Waals surface area contributed by atoms with Gasteiger partial charge in [0.2, 0.25) is 15.9 Å². The minimum Gasteiger partial charge on any atom is -0.294 e. The normalized spacial score (nSPS) is 19.1. The van der Waals surface area contributed by atoms with Crippen LogP contribution in [0.2, 0.25) is 0 Å². The topological polar surface area (TPSA) is 113 Å². The predicted molar refractivity (Wildman–Crippen MR) is 110 cm³/mol. The van der Waals surface area contributed by atoms with Gasteiger partial charge >= 0.3 is 6.03 Å². The van der Waals surface area contributed by atoms with E-state index in [1.165, 1.54) is 17.0 Å². The van der Waals surface area contributed by atoms with Crippen LogP contribution in [0.1, 0.15) is 46.0 Å². The maximum atomic E-state index is 13.0. The molecule has 4 rings (SSSR count). The van der Waals surface area contributed by atoms with Gasteiger partial charge in [-0.2, -0.15) is 0 Å². The van der Waals surface area contributed by atoms with E-state index >= 15 is 0 Å². The second-order valence-electron chi connectivity index (χ2n) is 7.36. The Labute approximate surface area is 174 Å². The lowest BCUT2D eigenvalue weighted by atomic mass is 9.91. The van der Waals surface area contributed by atoms with Crippen LogP contribution in [0.25, 0.3) is 0 Å². The molecule has 30 heavy (non-hydrogen) atoms. The first-order valence-electron chi connectivity index (χ1n) is 9.70. The lowest BCUT2D eigenvalue weighted by Gasteiger charge is -2.27. The number of imide groups is 1. The number of amides is 4. The number of nitrogens with one attached hydrogen (secondary N) is 2. The highest BCUT2D eigenvalue weighted by Gasteiger charge is 2.33. The van der Waals surface area contributed by atoms with Crippen molar-refractivity contribution in [2.75, 3.05) is 11.4 Å². The number of hydrogen-bond donors (Lipinski definition) is 2. The summed E-state index contributed by atoms with van der Waals surface area (Å²) >= 11 is 0. The first-order valence-corrected chi connectivity index (χ1v) is 11.2. The first kappa shape index (κ1) is 20.1. The Kier molecular flexibility index (Phi) is 5.29. The molecule has 2 aromatic carbocycles. The van der Waals surface area contributed by atoms with E-state index in [0.717, 1.165) is 24.0 Å². The highest BCUT2D eigenvalue weighted by Crippen LogP contribution is 2.35. The van der Waals surface area contributed by atoms with Gasteiger partial charge in [-0.15, -0.1) is 0 Å². The molecule has 1 aliphatic heterocycles. The van der Waals surface area contributed by atoms with Crippen LogP contribution in [-0.4, -0.2) is 32.8 Å². The Balaban J connectivity index is 1.55. The quantitative estimate of drug-likeness (QED) is 0.777. The molecule has 2 aromatic rings. The van der Waals surface area contributed by atoms with Gasteiger partial charge in [-0.1, -0.05) is 30.3 Å². The molecule has 0 bridgehead atoms. The molecular formula is C21H21N3O5S. The molecule has 0 saturated carbocycles. The number of anilines is 1. The second kappa shape index (κ2) is 7.91. The Hall–Kier alpha value is -3.20. The minimum absolute atomic E-state index is 0.116. The summed E-state index contributed by atoms with van der Waals surface area (Å²) in [5.74, 6) is -1.11. The zero-order chi connectivity index (χ0) is 21.3. The van der Waals surface area contributed by atoms with Crippen molar-refractivity contribution in [3.05, 3.63) is 65.2 Å². The van der Waals surface area contributed by atoms with E-state index in [1.807, 2.05) is 12.1 Å². The average Bonchev–Trinajstić information content (AvgIpc) is 2.73. The fourth-order valence-corrected chi connectivity index (χ4v) is 5.48. The summed E-state index contributed by atoms with van der Waals surface area (Å²) in [7, 11) is -3.94. The molecule has 1 aliphatic carbocycles. The maximum Gasteiger partial charge on any atom is 0.328 e. The molecule has 0 aromatic heterocycles. The smallest absolute Gasteiger partial charge is 0.294 e. The summed E-state index contributed by atoms with van der Waals surface area (Å²) in [6, 6.07) is 12.9. The van der Waals surface area contributed by atoms with Crippen molar-refractivity contribution in [1.29, 1.82) is 0 Å².